The average molecular weight is 345 g/mol. The molecule has 8 nitrogen and oxygen atoms in total. The van der Waals surface area contributed by atoms with Crippen LogP contribution in [0.25, 0.3) is 5.52 Å². The van der Waals surface area contributed by atoms with Gasteiger partial charge in [0.1, 0.15) is 17.0 Å². The van der Waals surface area contributed by atoms with Gasteiger partial charge in [0.25, 0.3) is 10.2 Å². The van der Waals surface area contributed by atoms with Crippen molar-refractivity contribution in [3.63, 3.8) is 0 Å². The van der Waals surface area contributed by atoms with E-state index in [-0.39, 0.29) is 5.92 Å². The van der Waals surface area contributed by atoms with Crippen LogP contribution in [0.15, 0.2) is 12.4 Å². The third-order valence-corrected chi connectivity index (χ3v) is 5.18. The van der Waals surface area contributed by atoms with Crippen molar-refractivity contribution in [1.82, 2.24) is 18.9 Å². The Morgan fingerprint density at radius 3 is 2.82 bits per heavy atom. The summed E-state index contributed by atoms with van der Waals surface area (Å²) in [6.45, 7) is 3.79. The normalized spacial score (nSPS) is 16.5. The maximum atomic E-state index is 11.2. The molecule has 120 valence electrons. The highest BCUT2D eigenvalue weighted by molar-refractivity contribution is 7.86. The van der Waals surface area contributed by atoms with Crippen LogP contribution in [0.4, 0.5) is 5.82 Å². The molecule has 0 saturated carbocycles. The first kappa shape index (κ1) is 15.5. The highest BCUT2D eigenvalue weighted by atomic mass is 35.5. The summed E-state index contributed by atoms with van der Waals surface area (Å²) in [5.41, 5.74) is 1.89. The Labute approximate surface area is 133 Å². The topological polar surface area (TPSA) is 96.8 Å². The maximum Gasteiger partial charge on any atom is 0.276 e. The molecule has 2 aromatic heterocycles. The lowest BCUT2D eigenvalue weighted by atomic mass is 10.00. The Bertz CT molecular complexity index is 814. The predicted octanol–water partition coefficient (Wildman–Crippen LogP) is 0.263. The second kappa shape index (κ2) is 5.34. The van der Waals surface area contributed by atoms with Gasteiger partial charge >= 0.3 is 0 Å². The summed E-state index contributed by atoms with van der Waals surface area (Å²) >= 11 is 6.13. The van der Waals surface area contributed by atoms with Gasteiger partial charge in [0.15, 0.2) is 5.82 Å². The van der Waals surface area contributed by atoms with Gasteiger partial charge in [-0.05, 0) is 18.6 Å². The van der Waals surface area contributed by atoms with Gasteiger partial charge in [-0.15, -0.1) is 0 Å². The first-order chi connectivity index (χ1) is 10.3. The monoisotopic (exact) mass is 344 g/mol. The second-order valence-electron chi connectivity index (χ2n) is 5.59. The van der Waals surface area contributed by atoms with E-state index in [0.29, 0.717) is 11.7 Å². The van der Waals surface area contributed by atoms with Crippen molar-refractivity contribution in [2.24, 2.45) is 11.1 Å². The molecule has 3 heterocycles. The van der Waals surface area contributed by atoms with E-state index in [1.54, 1.807) is 4.52 Å². The molecule has 10 heteroatoms. The van der Waals surface area contributed by atoms with E-state index in [1.165, 1.54) is 17.7 Å². The molecule has 0 atom stereocenters. The standard InChI is InChI=1S/C12H17ClN6O2S/c1-8-3-10(13)19-11(8)12(15-7-16-19)18-5-9(6-18)4-17(2)22(14,20)21/h3,7,9H,4-6H2,1-2H3,(H2,14,20,21). The third-order valence-electron chi connectivity index (χ3n) is 3.89. The van der Waals surface area contributed by atoms with Crippen LogP contribution >= 0.6 is 11.6 Å². The van der Waals surface area contributed by atoms with Gasteiger partial charge in [0, 0.05) is 32.6 Å². The minimum Gasteiger partial charge on any atom is -0.354 e. The molecule has 22 heavy (non-hydrogen) atoms. The largest absolute Gasteiger partial charge is 0.354 e. The molecule has 0 radical (unpaired) electrons. The number of nitrogens with two attached hydrogens (primary N) is 1. The lowest BCUT2D eigenvalue weighted by Gasteiger charge is -2.41. The highest BCUT2D eigenvalue weighted by Gasteiger charge is 2.32. The third kappa shape index (κ3) is 2.65. The fourth-order valence-electron chi connectivity index (χ4n) is 2.72. The van der Waals surface area contributed by atoms with Crippen LogP contribution in [0.3, 0.4) is 0 Å². The van der Waals surface area contributed by atoms with Gasteiger partial charge in [0.05, 0.1) is 0 Å². The van der Waals surface area contributed by atoms with Crippen LogP contribution < -0.4 is 10.0 Å². The van der Waals surface area contributed by atoms with Crippen molar-refractivity contribution in [3.8, 4) is 0 Å². The molecule has 0 unspecified atom stereocenters. The zero-order chi connectivity index (χ0) is 16.1. The van der Waals surface area contributed by atoms with E-state index in [0.717, 1.165) is 30.0 Å². The number of rotatable bonds is 4. The Morgan fingerprint density at radius 1 is 1.50 bits per heavy atom. The summed E-state index contributed by atoms with van der Waals surface area (Å²) in [6.07, 6.45) is 1.47. The number of nitrogens with zero attached hydrogens (tertiary/aromatic N) is 5. The zero-order valence-electron chi connectivity index (χ0n) is 12.3. The molecule has 0 aromatic carbocycles. The lowest BCUT2D eigenvalue weighted by molar-refractivity contribution is 0.326. The maximum absolute atomic E-state index is 11.2. The van der Waals surface area contributed by atoms with Crippen molar-refractivity contribution in [1.29, 1.82) is 0 Å². The summed E-state index contributed by atoms with van der Waals surface area (Å²) < 4.78 is 25.3. The fraction of sp³-hybridized carbons (Fsp3) is 0.500. The van der Waals surface area contributed by atoms with Crippen LogP contribution in [0.2, 0.25) is 5.15 Å². The van der Waals surface area contributed by atoms with Crippen molar-refractivity contribution >= 4 is 33.1 Å². The molecule has 1 aliphatic heterocycles. The molecule has 3 rings (SSSR count). The van der Waals surface area contributed by atoms with E-state index in [9.17, 15) is 8.42 Å². The number of aryl methyl sites for hydroxylation is 1. The fourth-order valence-corrected chi connectivity index (χ4v) is 3.43. The highest BCUT2D eigenvalue weighted by Crippen LogP contribution is 2.31. The van der Waals surface area contributed by atoms with E-state index in [1.807, 2.05) is 13.0 Å². The first-order valence-electron chi connectivity index (χ1n) is 6.75. The van der Waals surface area contributed by atoms with Crippen LogP contribution in [0.1, 0.15) is 5.56 Å². The van der Waals surface area contributed by atoms with Crippen molar-refractivity contribution in [3.05, 3.63) is 23.1 Å². The number of fused-ring (bicyclic) bond motifs is 1. The molecular weight excluding hydrogens is 328 g/mol. The summed E-state index contributed by atoms with van der Waals surface area (Å²) in [5, 5.41) is 9.78. The lowest BCUT2D eigenvalue weighted by Crippen LogP contribution is -2.53. The van der Waals surface area contributed by atoms with Crippen molar-refractivity contribution in [2.45, 2.75) is 6.92 Å². The molecule has 1 fully saturated rings. The van der Waals surface area contributed by atoms with Gasteiger partial charge in [-0.25, -0.2) is 14.6 Å². The molecule has 0 spiro atoms. The Kier molecular flexibility index (Phi) is 3.76. The predicted molar refractivity (Wildman–Crippen MR) is 84.2 cm³/mol. The van der Waals surface area contributed by atoms with E-state index < -0.39 is 10.2 Å². The number of aromatic nitrogens is 3. The summed E-state index contributed by atoms with van der Waals surface area (Å²) in [6, 6.07) is 1.85. The van der Waals surface area contributed by atoms with Gasteiger partial charge in [-0.2, -0.15) is 17.8 Å². The molecule has 2 aromatic rings. The van der Waals surface area contributed by atoms with E-state index in [2.05, 4.69) is 15.0 Å². The number of hydrogen-bond acceptors (Lipinski definition) is 5. The van der Waals surface area contributed by atoms with Crippen molar-refractivity contribution in [2.75, 3.05) is 31.6 Å². The number of anilines is 1. The first-order valence-corrected chi connectivity index (χ1v) is 8.63. The molecule has 1 aliphatic rings. The van der Waals surface area contributed by atoms with E-state index >= 15 is 0 Å². The Hall–Kier alpha value is -1.42. The van der Waals surface area contributed by atoms with Crippen molar-refractivity contribution < 1.29 is 8.42 Å². The van der Waals surface area contributed by atoms with Crippen LogP contribution in [-0.4, -0.2) is 54.0 Å². The molecule has 0 aliphatic carbocycles. The van der Waals surface area contributed by atoms with Gasteiger partial charge in [0.2, 0.25) is 0 Å². The Morgan fingerprint density at radius 2 is 2.18 bits per heavy atom. The van der Waals surface area contributed by atoms with Gasteiger partial charge in [-0.1, -0.05) is 11.6 Å². The molecule has 0 amide bonds. The van der Waals surface area contributed by atoms with E-state index in [4.69, 9.17) is 16.7 Å². The Balaban J connectivity index is 1.76. The minimum atomic E-state index is -3.63. The number of halogens is 1. The molecular formula is C12H17ClN6O2S. The number of hydrogen-bond donors (Lipinski definition) is 1. The summed E-state index contributed by atoms with van der Waals surface area (Å²) in [7, 11) is -2.14. The van der Waals surface area contributed by atoms with Crippen LogP contribution in [0.5, 0.6) is 0 Å². The van der Waals surface area contributed by atoms with Gasteiger partial charge in [-0.3, -0.25) is 0 Å². The van der Waals surface area contributed by atoms with Crippen LogP contribution in [0, 0.1) is 12.8 Å². The smallest absolute Gasteiger partial charge is 0.276 e. The quantitative estimate of drug-likeness (QED) is 0.858. The SMILES string of the molecule is Cc1cc(Cl)n2ncnc(N3CC(CN(C)S(N)(=O)=O)C3)c12. The second-order valence-corrected chi connectivity index (χ2v) is 7.63. The van der Waals surface area contributed by atoms with Gasteiger partial charge < -0.3 is 4.90 Å². The summed E-state index contributed by atoms with van der Waals surface area (Å²) in [5.74, 6) is 1.04. The minimum absolute atomic E-state index is 0.226. The summed E-state index contributed by atoms with van der Waals surface area (Å²) in [4.78, 5) is 6.43. The average Bonchev–Trinajstić information content (AvgIpc) is 2.68. The molecule has 1 saturated heterocycles. The zero-order valence-corrected chi connectivity index (χ0v) is 13.8. The van der Waals surface area contributed by atoms with Crippen LogP contribution in [-0.2, 0) is 10.2 Å². The molecule has 2 N–H and O–H groups in total. The molecule has 0 bridgehead atoms.